The fourth-order valence-corrected chi connectivity index (χ4v) is 2.39. The van der Waals surface area contributed by atoms with Gasteiger partial charge in [0, 0.05) is 11.3 Å². The standard InChI is InChI=1S/C17H21NO2/c1-11-7-12(2)9-14(8-11)18-13(3)16-10-15(20-4)5-6-17(16)19/h5-10,13,18-19H,1-4H3. The molecule has 0 amide bonds. The summed E-state index contributed by atoms with van der Waals surface area (Å²) in [5.74, 6) is 1.02. The van der Waals surface area contributed by atoms with Gasteiger partial charge in [0.15, 0.2) is 0 Å². The van der Waals surface area contributed by atoms with Crippen LogP contribution in [0.2, 0.25) is 0 Å². The van der Waals surface area contributed by atoms with Crippen molar-refractivity contribution in [2.24, 2.45) is 0 Å². The van der Waals surface area contributed by atoms with Gasteiger partial charge in [-0.25, -0.2) is 0 Å². The molecule has 0 aromatic heterocycles. The molecule has 0 aliphatic heterocycles. The molecule has 2 aromatic carbocycles. The number of methoxy groups -OCH3 is 1. The molecule has 0 saturated heterocycles. The number of ether oxygens (including phenoxy) is 1. The Balaban J connectivity index is 2.25. The van der Waals surface area contributed by atoms with E-state index in [9.17, 15) is 5.11 Å². The summed E-state index contributed by atoms with van der Waals surface area (Å²) in [7, 11) is 1.62. The number of anilines is 1. The minimum Gasteiger partial charge on any atom is -0.508 e. The average molecular weight is 271 g/mol. The lowest BCUT2D eigenvalue weighted by Crippen LogP contribution is -2.07. The Morgan fingerprint density at radius 2 is 1.70 bits per heavy atom. The van der Waals surface area contributed by atoms with Gasteiger partial charge >= 0.3 is 0 Å². The maximum absolute atomic E-state index is 9.99. The Morgan fingerprint density at radius 3 is 2.30 bits per heavy atom. The zero-order valence-corrected chi connectivity index (χ0v) is 12.4. The molecule has 0 spiro atoms. The molecule has 0 aliphatic rings. The lowest BCUT2D eigenvalue weighted by Gasteiger charge is -2.18. The van der Waals surface area contributed by atoms with Gasteiger partial charge < -0.3 is 15.2 Å². The normalized spacial score (nSPS) is 12.0. The molecule has 3 heteroatoms. The van der Waals surface area contributed by atoms with Crippen LogP contribution in [0.15, 0.2) is 36.4 Å². The van der Waals surface area contributed by atoms with E-state index in [1.807, 2.05) is 13.0 Å². The van der Waals surface area contributed by atoms with Crippen molar-refractivity contribution in [2.45, 2.75) is 26.8 Å². The molecule has 2 aromatic rings. The summed E-state index contributed by atoms with van der Waals surface area (Å²) in [5, 5.41) is 13.4. The molecule has 0 radical (unpaired) electrons. The van der Waals surface area contributed by atoms with E-state index < -0.39 is 0 Å². The van der Waals surface area contributed by atoms with Crippen LogP contribution in [0.5, 0.6) is 11.5 Å². The second-order valence-corrected chi connectivity index (χ2v) is 5.17. The Morgan fingerprint density at radius 1 is 1.05 bits per heavy atom. The first-order chi connectivity index (χ1) is 9.49. The van der Waals surface area contributed by atoms with Crippen LogP contribution in [0.3, 0.4) is 0 Å². The molecule has 0 fully saturated rings. The van der Waals surface area contributed by atoms with Crippen molar-refractivity contribution in [3.63, 3.8) is 0 Å². The molecule has 0 saturated carbocycles. The molecule has 2 N–H and O–H groups in total. The maximum Gasteiger partial charge on any atom is 0.121 e. The minimum atomic E-state index is -0.00806. The molecule has 1 unspecified atom stereocenters. The Labute approximate surface area is 120 Å². The molecule has 1 atom stereocenters. The van der Waals surface area contributed by atoms with Gasteiger partial charge in [-0.1, -0.05) is 6.07 Å². The van der Waals surface area contributed by atoms with Crippen molar-refractivity contribution in [3.05, 3.63) is 53.1 Å². The highest BCUT2D eigenvalue weighted by Crippen LogP contribution is 2.30. The summed E-state index contributed by atoms with van der Waals surface area (Å²) in [5.41, 5.74) is 4.31. The SMILES string of the molecule is COc1ccc(O)c(C(C)Nc2cc(C)cc(C)c2)c1. The predicted molar refractivity (Wildman–Crippen MR) is 82.6 cm³/mol. The summed E-state index contributed by atoms with van der Waals surface area (Å²) in [6.07, 6.45) is 0. The molecular formula is C17H21NO2. The van der Waals surface area contributed by atoms with Crippen LogP contribution in [-0.4, -0.2) is 12.2 Å². The smallest absolute Gasteiger partial charge is 0.121 e. The third-order valence-electron chi connectivity index (χ3n) is 3.31. The molecule has 2 rings (SSSR count). The molecule has 0 heterocycles. The Hall–Kier alpha value is -2.16. The number of hydrogen-bond donors (Lipinski definition) is 2. The van der Waals surface area contributed by atoms with Crippen LogP contribution in [0.4, 0.5) is 5.69 Å². The Kier molecular flexibility index (Phi) is 4.18. The lowest BCUT2D eigenvalue weighted by atomic mass is 10.1. The van der Waals surface area contributed by atoms with Crippen LogP contribution in [0.1, 0.15) is 29.7 Å². The van der Waals surface area contributed by atoms with E-state index in [0.717, 1.165) is 17.0 Å². The van der Waals surface area contributed by atoms with Crippen molar-refractivity contribution in [2.75, 3.05) is 12.4 Å². The second-order valence-electron chi connectivity index (χ2n) is 5.17. The highest BCUT2D eigenvalue weighted by molar-refractivity contribution is 5.52. The van der Waals surface area contributed by atoms with Gasteiger partial charge in [-0.05, 0) is 62.2 Å². The van der Waals surface area contributed by atoms with Gasteiger partial charge in [-0.2, -0.15) is 0 Å². The summed E-state index contributed by atoms with van der Waals surface area (Å²) in [6.45, 7) is 6.17. The lowest BCUT2D eigenvalue weighted by molar-refractivity contribution is 0.410. The van der Waals surface area contributed by atoms with E-state index >= 15 is 0 Å². The zero-order chi connectivity index (χ0) is 14.7. The number of hydrogen-bond acceptors (Lipinski definition) is 3. The number of aryl methyl sites for hydroxylation is 2. The highest BCUT2D eigenvalue weighted by Gasteiger charge is 2.12. The predicted octanol–water partition coefficient (Wildman–Crippen LogP) is 4.19. The first kappa shape index (κ1) is 14.3. The quantitative estimate of drug-likeness (QED) is 0.876. The van der Waals surface area contributed by atoms with Crippen LogP contribution >= 0.6 is 0 Å². The van der Waals surface area contributed by atoms with E-state index in [0.29, 0.717) is 0 Å². The molecule has 3 nitrogen and oxygen atoms in total. The van der Waals surface area contributed by atoms with Crippen LogP contribution in [-0.2, 0) is 0 Å². The molecular weight excluding hydrogens is 250 g/mol. The average Bonchev–Trinajstić information content (AvgIpc) is 2.37. The van der Waals surface area contributed by atoms with Gasteiger partial charge in [0.2, 0.25) is 0 Å². The minimum absolute atomic E-state index is 0.00806. The summed E-state index contributed by atoms with van der Waals surface area (Å²) in [6, 6.07) is 11.6. The number of phenolic OH excluding ortho intramolecular Hbond substituents is 1. The first-order valence-corrected chi connectivity index (χ1v) is 6.71. The number of rotatable bonds is 4. The van der Waals surface area contributed by atoms with Gasteiger partial charge in [0.05, 0.1) is 13.2 Å². The largest absolute Gasteiger partial charge is 0.508 e. The number of nitrogens with one attached hydrogen (secondary N) is 1. The van der Waals surface area contributed by atoms with E-state index in [1.54, 1.807) is 19.2 Å². The molecule has 0 aliphatic carbocycles. The van der Waals surface area contributed by atoms with E-state index in [2.05, 4.69) is 37.4 Å². The van der Waals surface area contributed by atoms with Crippen LogP contribution < -0.4 is 10.1 Å². The third kappa shape index (κ3) is 3.23. The van der Waals surface area contributed by atoms with Gasteiger partial charge in [0.1, 0.15) is 11.5 Å². The van der Waals surface area contributed by atoms with Crippen molar-refractivity contribution >= 4 is 5.69 Å². The molecule has 106 valence electrons. The van der Waals surface area contributed by atoms with Gasteiger partial charge in [-0.15, -0.1) is 0 Å². The summed E-state index contributed by atoms with van der Waals surface area (Å²) < 4.78 is 5.21. The van der Waals surface area contributed by atoms with Crippen LogP contribution in [0, 0.1) is 13.8 Å². The van der Waals surface area contributed by atoms with Crippen molar-refractivity contribution in [3.8, 4) is 11.5 Å². The van der Waals surface area contributed by atoms with Gasteiger partial charge in [0.25, 0.3) is 0 Å². The monoisotopic (exact) mass is 271 g/mol. The topological polar surface area (TPSA) is 41.5 Å². The third-order valence-corrected chi connectivity index (χ3v) is 3.31. The number of aromatic hydroxyl groups is 1. The van der Waals surface area contributed by atoms with Crippen molar-refractivity contribution in [1.29, 1.82) is 0 Å². The maximum atomic E-state index is 9.99. The van der Waals surface area contributed by atoms with E-state index in [1.165, 1.54) is 11.1 Å². The fourth-order valence-electron chi connectivity index (χ4n) is 2.39. The zero-order valence-electron chi connectivity index (χ0n) is 12.4. The number of benzene rings is 2. The molecule has 0 bridgehead atoms. The Bertz CT molecular complexity index is 588. The number of phenols is 1. The van der Waals surface area contributed by atoms with Crippen LogP contribution in [0.25, 0.3) is 0 Å². The van der Waals surface area contributed by atoms with Crippen molar-refractivity contribution in [1.82, 2.24) is 0 Å². The van der Waals surface area contributed by atoms with E-state index in [4.69, 9.17) is 4.74 Å². The van der Waals surface area contributed by atoms with Gasteiger partial charge in [-0.3, -0.25) is 0 Å². The summed E-state index contributed by atoms with van der Waals surface area (Å²) in [4.78, 5) is 0. The highest BCUT2D eigenvalue weighted by atomic mass is 16.5. The summed E-state index contributed by atoms with van der Waals surface area (Å²) >= 11 is 0. The molecule has 20 heavy (non-hydrogen) atoms. The van der Waals surface area contributed by atoms with E-state index in [-0.39, 0.29) is 11.8 Å². The second kappa shape index (κ2) is 5.87. The van der Waals surface area contributed by atoms with Crippen molar-refractivity contribution < 1.29 is 9.84 Å². The first-order valence-electron chi connectivity index (χ1n) is 6.71. The fraction of sp³-hybridized carbons (Fsp3) is 0.294.